The number of carbonyl (C=O) groups is 3. The third kappa shape index (κ3) is 23.3. The zero-order valence-corrected chi connectivity index (χ0v) is 80.3. The number of hydrogen-bond donors (Lipinski definition) is 3. The molecule has 15 heterocycles. The SMILES string of the molecule is CN(C)CCCC(=O)N1CCC(c2cn(-c3ccc(Cl)cc3)c3cnccc23)CC1.Cc1ccc(-n2c(C)c(C3=CCOCC3)c3ccncc32)cc1.NCCCOC(=O)N1CCC(c2cn(-c3ccc(Cl)cc3)c3cnccc23)CC1.NCCN1CCC(c2cn(-c3ccc(Cl)cc3)c3cnccc23)CC1.NCCOC(=O)N1CCC(c2cn(-c3ccc(Cl)cc3)c3cnccc23)CC1. The number of ether oxygens (including phenoxy) is 3. The predicted octanol–water partition coefficient (Wildman–Crippen LogP) is 21.3. The average Bonchev–Trinajstić information content (AvgIpc) is 1.60. The van der Waals surface area contributed by atoms with Crippen molar-refractivity contribution in [3.63, 3.8) is 0 Å². The van der Waals surface area contributed by atoms with Gasteiger partial charge >= 0.3 is 12.2 Å². The summed E-state index contributed by atoms with van der Waals surface area (Å²) in [7, 11) is 4.10. The maximum Gasteiger partial charge on any atom is 0.409 e. The minimum Gasteiger partial charge on any atom is -0.449 e. The van der Waals surface area contributed by atoms with Crippen molar-refractivity contribution in [1.82, 2.24) is 72.3 Å². The van der Waals surface area contributed by atoms with E-state index >= 15 is 0 Å². The van der Waals surface area contributed by atoms with E-state index in [1.807, 2.05) is 166 Å². The molecule has 28 heteroatoms. The number of nitrogens with zero attached hydrogens (tertiary/aromatic N) is 15. The Morgan fingerprint density at radius 1 is 0.415 bits per heavy atom. The molecule has 0 unspecified atom stereocenters. The molecule has 3 amide bonds. The number of hydrogen-bond acceptors (Lipinski definition) is 16. The second kappa shape index (κ2) is 46.2. The van der Waals surface area contributed by atoms with E-state index in [2.05, 4.69) is 169 Å². The lowest BCUT2D eigenvalue weighted by atomic mass is 9.89. The number of likely N-dealkylation sites (tertiary alicyclic amines) is 4. The van der Waals surface area contributed by atoms with Crippen LogP contribution in [-0.2, 0) is 19.0 Å². The van der Waals surface area contributed by atoms with Crippen LogP contribution in [0, 0.1) is 13.8 Å². The van der Waals surface area contributed by atoms with Gasteiger partial charge in [-0.25, -0.2) is 9.59 Å². The fourth-order valence-corrected chi connectivity index (χ4v) is 20.0. The number of nitrogens with two attached hydrogens (primary N) is 3. The molecule has 10 aromatic heterocycles. The fraction of sp³-hybridized carbons (Fsp3) is 0.346. The summed E-state index contributed by atoms with van der Waals surface area (Å²) < 4.78 is 27.0. The van der Waals surface area contributed by atoms with Gasteiger partial charge in [0.15, 0.2) is 0 Å². The molecule has 0 saturated carbocycles. The van der Waals surface area contributed by atoms with Gasteiger partial charge in [0.2, 0.25) is 5.91 Å². The van der Waals surface area contributed by atoms with Gasteiger partial charge in [-0.05, 0) is 316 Å². The summed E-state index contributed by atoms with van der Waals surface area (Å²) in [5.74, 6) is 2.11. The van der Waals surface area contributed by atoms with Crippen molar-refractivity contribution >= 4 is 125 Å². The molecule has 5 aliphatic rings. The van der Waals surface area contributed by atoms with E-state index in [-0.39, 0.29) is 18.8 Å². The van der Waals surface area contributed by atoms with Crippen LogP contribution >= 0.6 is 46.4 Å². The van der Waals surface area contributed by atoms with Gasteiger partial charge in [0.05, 0.1) is 78.4 Å². The van der Waals surface area contributed by atoms with Crippen LogP contribution in [0.4, 0.5) is 9.59 Å². The number of carbonyl (C=O) groups excluding carboxylic acids is 3. The Bertz CT molecular complexity index is 6500. The second-order valence-corrected chi connectivity index (χ2v) is 37.3. The molecule has 24 nitrogen and oxygen atoms in total. The second-order valence-electron chi connectivity index (χ2n) is 35.5. The quantitative estimate of drug-likeness (QED) is 0.0565. The van der Waals surface area contributed by atoms with Crippen molar-refractivity contribution in [3.8, 4) is 28.4 Å². The van der Waals surface area contributed by atoms with Crippen LogP contribution < -0.4 is 17.2 Å². The zero-order valence-electron chi connectivity index (χ0n) is 77.3. The van der Waals surface area contributed by atoms with Gasteiger partial charge in [0, 0.05) is 208 Å². The Balaban J connectivity index is 0.000000123. The van der Waals surface area contributed by atoms with Gasteiger partial charge in [-0.1, -0.05) is 70.2 Å². The Labute approximate surface area is 809 Å². The molecule has 135 heavy (non-hydrogen) atoms. The first-order chi connectivity index (χ1) is 65.9. The third-order valence-electron chi connectivity index (χ3n) is 26.6. The van der Waals surface area contributed by atoms with Crippen LogP contribution in [0.3, 0.4) is 0 Å². The molecule has 0 bridgehead atoms. The molecular formula is C107H120Cl4N18O6. The molecule has 5 aliphatic heterocycles. The minimum atomic E-state index is -0.267. The summed E-state index contributed by atoms with van der Waals surface area (Å²) in [5.41, 5.74) is 38.3. The Kier molecular flexibility index (Phi) is 33.0. The van der Waals surface area contributed by atoms with Gasteiger partial charge in [-0.3, -0.25) is 29.7 Å². The van der Waals surface area contributed by atoms with E-state index in [1.165, 1.54) is 90.1 Å². The van der Waals surface area contributed by atoms with Gasteiger partial charge < -0.3 is 78.7 Å². The number of rotatable bonds is 21. The standard InChI is InChI=1S/C24H29ClN4O.C22H25ClN4O2.C21H23ClN4O2.C20H23ClN4.C20H20N2O/c1-27(2)13-3-4-24(30)28-14-10-18(11-15-28)22-17-29(20-7-5-19(25)6-8-20)23-16-26-12-9-21(22)23;23-17-2-4-18(5-3-17)27-15-20(19-6-10-25-14-21(19)27)16-7-11-26(12-8-16)22(28)29-13-1-9-24;22-16-1-3-17(4-2-16)26-14-19(18-5-9-24-13-20(18)26)15-6-10-25(11-7-15)21(27)28-12-8-23;21-16-1-3-17(4-2-16)25-14-19(18-5-9-23-13-20(18)25)15-6-10-24(11-7-15)12-8-22;1-14-3-5-17(6-4-14)22-15(2)20(16-8-11-23-12-9-16)18-7-10-21-13-19(18)22/h5-9,12,16-18H,3-4,10-11,13-15H2,1-2H3;2-6,10,14-16H,1,7-9,11-13,24H2;1-5,9,13-15H,6-8,10-12,23H2;1-5,9,13-15H,6-8,10-12,22H2;3-8,10,13H,9,11-12H2,1-2H3. The summed E-state index contributed by atoms with van der Waals surface area (Å²) in [4.78, 5) is 68.7. The number of aromatic nitrogens is 10. The van der Waals surface area contributed by atoms with E-state index in [1.54, 1.807) is 9.80 Å². The smallest absolute Gasteiger partial charge is 0.409 e. The first-order valence-electron chi connectivity index (χ1n) is 47.1. The number of aryl methyl sites for hydroxylation is 1. The molecule has 6 N–H and O–H groups in total. The van der Waals surface area contributed by atoms with Crippen molar-refractivity contribution in [2.45, 2.75) is 115 Å². The van der Waals surface area contributed by atoms with Crippen molar-refractivity contribution in [1.29, 1.82) is 0 Å². The first kappa shape index (κ1) is 96.3. The van der Waals surface area contributed by atoms with Gasteiger partial charge in [0.1, 0.15) is 6.61 Å². The maximum atomic E-state index is 12.5. The number of pyridine rings is 5. The van der Waals surface area contributed by atoms with Crippen molar-refractivity contribution in [2.24, 2.45) is 17.2 Å². The van der Waals surface area contributed by atoms with E-state index < -0.39 is 0 Å². The minimum absolute atomic E-state index is 0.232. The lowest BCUT2D eigenvalue weighted by molar-refractivity contribution is -0.132. The molecule has 20 rings (SSSR count). The van der Waals surface area contributed by atoms with Gasteiger partial charge in [-0.15, -0.1) is 0 Å². The lowest BCUT2D eigenvalue weighted by Gasteiger charge is -2.32. The molecule has 5 aromatic carbocycles. The van der Waals surface area contributed by atoms with E-state index in [0.29, 0.717) is 105 Å². The summed E-state index contributed by atoms with van der Waals surface area (Å²) in [6, 6.07) is 50.7. The van der Waals surface area contributed by atoms with Crippen LogP contribution in [0.15, 0.2) is 244 Å². The molecule has 0 radical (unpaired) electrons. The predicted molar refractivity (Wildman–Crippen MR) is 545 cm³/mol. The summed E-state index contributed by atoms with van der Waals surface area (Å²) in [5, 5.41) is 9.15. The van der Waals surface area contributed by atoms with Crippen molar-refractivity contribution in [2.75, 3.05) is 126 Å². The highest BCUT2D eigenvalue weighted by molar-refractivity contribution is 6.31. The van der Waals surface area contributed by atoms with E-state index in [9.17, 15) is 14.4 Å². The number of fused-ring (bicyclic) bond motifs is 5. The molecule has 4 saturated heterocycles. The highest BCUT2D eigenvalue weighted by Gasteiger charge is 2.32. The van der Waals surface area contributed by atoms with Crippen LogP contribution in [0.25, 0.3) is 88.5 Å². The van der Waals surface area contributed by atoms with Crippen LogP contribution in [0.1, 0.15) is 140 Å². The number of benzene rings is 5. The summed E-state index contributed by atoms with van der Waals surface area (Å²) >= 11 is 24.2. The molecular weight excluding hydrogens is 1780 g/mol. The molecule has 0 aliphatic carbocycles. The van der Waals surface area contributed by atoms with Crippen LogP contribution in [0.2, 0.25) is 20.1 Å². The molecule has 0 atom stereocenters. The summed E-state index contributed by atoms with van der Waals surface area (Å²) in [6.45, 7) is 16.8. The average molecular weight is 1900 g/mol. The van der Waals surface area contributed by atoms with E-state index in [4.69, 9.17) is 77.8 Å². The largest absolute Gasteiger partial charge is 0.449 e. The number of halogens is 4. The lowest BCUT2D eigenvalue weighted by Crippen LogP contribution is -2.38. The molecule has 0 spiro atoms. The summed E-state index contributed by atoms with van der Waals surface area (Å²) in [6.07, 6.45) is 40.8. The van der Waals surface area contributed by atoms with Crippen molar-refractivity contribution < 1.29 is 28.6 Å². The molecule has 15 aromatic rings. The third-order valence-corrected chi connectivity index (χ3v) is 27.6. The highest BCUT2D eigenvalue weighted by atomic mass is 35.5. The zero-order chi connectivity index (χ0) is 93.9. The Hall–Kier alpha value is -11.8. The van der Waals surface area contributed by atoms with Crippen LogP contribution in [0.5, 0.6) is 0 Å². The number of amides is 3. The Morgan fingerprint density at radius 2 is 0.770 bits per heavy atom. The normalized spacial score (nSPS) is 15.4. The van der Waals surface area contributed by atoms with Crippen LogP contribution in [-0.4, -0.2) is 216 Å². The van der Waals surface area contributed by atoms with Gasteiger partial charge in [-0.2, -0.15) is 0 Å². The Morgan fingerprint density at radius 3 is 1.13 bits per heavy atom. The fourth-order valence-electron chi connectivity index (χ4n) is 19.5. The van der Waals surface area contributed by atoms with Gasteiger partial charge in [0.25, 0.3) is 0 Å². The number of piperidine rings is 4. The molecule has 4 fully saturated rings. The first-order valence-corrected chi connectivity index (χ1v) is 48.6. The van der Waals surface area contributed by atoms with Crippen molar-refractivity contribution in [3.05, 3.63) is 304 Å². The maximum absolute atomic E-state index is 12.5. The highest BCUT2D eigenvalue weighted by Crippen LogP contribution is 2.43. The monoisotopic (exact) mass is 1890 g/mol. The topological polar surface area (TPSA) is 262 Å². The molecule has 702 valence electrons. The van der Waals surface area contributed by atoms with E-state index in [0.717, 1.165) is 164 Å².